The zero-order chi connectivity index (χ0) is 19.3. The SMILES string of the molecule is CN=C(NCC(c1ccc(OC)cc1)N1CCOCC1)NC1CC2CCC1O2.I. The molecule has 2 N–H and O–H groups in total. The Labute approximate surface area is 190 Å². The Morgan fingerprint density at radius 3 is 2.59 bits per heavy atom. The van der Waals surface area contributed by atoms with Crippen molar-refractivity contribution in [1.29, 1.82) is 0 Å². The predicted molar refractivity (Wildman–Crippen MR) is 124 cm³/mol. The molecule has 0 radical (unpaired) electrons. The second-order valence-electron chi connectivity index (χ2n) is 7.75. The average molecular weight is 516 g/mol. The van der Waals surface area contributed by atoms with Crippen molar-refractivity contribution in [2.45, 2.75) is 43.6 Å². The maximum atomic E-state index is 5.96. The topological polar surface area (TPSA) is 67.4 Å². The number of benzene rings is 1. The maximum absolute atomic E-state index is 5.96. The number of aliphatic imine (C=N–C) groups is 1. The number of rotatable bonds is 6. The molecule has 3 aliphatic rings. The zero-order valence-corrected chi connectivity index (χ0v) is 19.6. The Morgan fingerprint density at radius 1 is 1.24 bits per heavy atom. The molecule has 4 atom stereocenters. The molecule has 3 heterocycles. The fourth-order valence-electron chi connectivity index (χ4n) is 4.53. The van der Waals surface area contributed by atoms with Gasteiger partial charge in [-0.05, 0) is 37.0 Å². The van der Waals surface area contributed by atoms with Crippen LogP contribution in [0.15, 0.2) is 29.3 Å². The van der Waals surface area contributed by atoms with Crippen LogP contribution in [0.25, 0.3) is 0 Å². The minimum atomic E-state index is 0. The van der Waals surface area contributed by atoms with Gasteiger partial charge in [0, 0.05) is 26.7 Å². The minimum Gasteiger partial charge on any atom is -0.497 e. The standard InChI is InChI=1S/C21H32N4O3.HI/c1-22-21(24-18-13-17-7-8-20(18)28-17)23-14-19(25-9-11-27-12-10-25)15-3-5-16(26-2)6-4-15;/h3-6,17-20H,7-14H2,1-2H3,(H2,22,23,24);1H. The Morgan fingerprint density at radius 2 is 2.00 bits per heavy atom. The molecule has 0 amide bonds. The van der Waals surface area contributed by atoms with Crippen molar-refractivity contribution < 1.29 is 14.2 Å². The predicted octanol–water partition coefficient (Wildman–Crippen LogP) is 2.17. The summed E-state index contributed by atoms with van der Waals surface area (Å²) in [6.07, 6.45) is 4.20. The molecule has 1 aromatic rings. The number of morpholine rings is 1. The molecule has 0 saturated carbocycles. The van der Waals surface area contributed by atoms with Crippen LogP contribution in [0, 0.1) is 0 Å². The van der Waals surface area contributed by atoms with E-state index in [4.69, 9.17) is 14.2 Å². The highest BCUT2D eigenvalue weighted by molar-refractivity contribution is 14.0. The highest BCUT2D eigenvalue weighted by Gasteiger charge is 2.41. The van der Waals surface area contributed by atoms with E-state index in [0.717, 1.165) is 57.4 Å². The molecule has 1 aromatic carbocycles. The second kappa shape index (κ2) is 10.8. The van der Waals surface area contributed by atoms with Crippen molar-refractivity contribution in [2.75, 3.05) is 47.0 Å². The quantitative estimate of drug-likeness (QED) is 0.344. The number of nitrogens with zero attached hydrogens (tertiary/aromatic N) is 2. The molecule has 0 aliphatic carbocycles. The summed E-state index contributed by atoms with van der Waals surface area (Å²) >= 11 is 0. The van der Waals surface area contributed by atoms with Gasteiger partial charge in [-0.25, -0.2) is 0 Å². The van der Waals surface area contributed by atoms with Crippen LogP contribution >= 0.6 is 24.0 Å². The lowest BCUT2D eigenvalue weighted by atomic mass is 9.96. The van der Waals surface area contributed by atoms with Crippen molar-refractivity contribution in [3.63, 3.8) is 0 Å². The van der Waals surface area contributed by atoms with E-state index in [1.807, 2.05) is 19.2 Å². The van der Waals surface area contributed by atoms with E-state index in [0.29, 0.717) is 18.2 Å². The van der Waals surface area contributed by atoms with Crippen molar-refractivity contribution in [1.82, 2.24) is 15.5 Å². The van der Waals surface area contributed by atoms with Crippen molar-refractivity contribution in [3.05, 3.63) is 29.8 Å². The number of nitrogens with one attached hydrogen (secondary N) is 2. The summed E-state index contributed by atoms with van der Waals surface area (Å²) < 4.78 is 16.8. The summed E-state index contributed by atoms with van der Waals surface area (Å²) in [5, 5.41) is 7.13. The van der Waals surface area contributed by atoms with Crippen LogP contribution in [0.5, 0.6) is 5.75 Å². The second-order valence-corrected chi connectivity index (χ2v) is 7.75. The molecule has 8 heteroatoms. The van der Waals surface area contributed by atoms with Gasteiger partial charge in [0.2, 0.25) is 0 Å². The van der Waals surface area contributed by atoms with E-state index < -0.39 is 0 Å². The van der Waals surface area contributed by atoms with Gasteiger partial charge in [-0.3, -0.25) is 9.89 Å². The third kappa shape index (κ3) is 5.53. The monoisotopic (exact) mass is 516 g/mol. The highest BCUT2D eigenvalue weighted by atomic mass is 127. The molecule has 0 spiro atoms. The van der Waals surface area contributed by atoms with E-state index in [1.165, 1.54) is 12.0 Å². The van der Waals surface area contributed by atoms with Gasteiger partial charge in [-0.15, -0.1) is 24.0 Å². The number of guanidine groups is 1. The average Bonchev–Trinajstić information content (AvgIpc) is 3.37. The van der Waals surface area contributed by atoms with Crippen LogP contribution in [0.2, 0.25) is 0 Å². The van der Waals surface area contributed by atoms with E-state index in [1.54, 1.807) is 7.11 Å². The molecular formula is C21H33IN4O3. The number of ether oxygens (including phenoxy) is 3. The molecule has 4 unspecified atom stereocenters. The molecule has 162 valence electrons. The fourth-order valence-corrected chi connectivity index (χ4v) is 4.53. The summed E-state index contributed by atoms with van der Waals surface area (Å²) in [4.78, 5) is 6.93. The Kier molecular flexibility index (Phi) is 8.40. The van der Waals surface area contributed by atoms with Crippen LogP contribution < -0.4 is 15.4 Å². The first-order chi connectivity index (χ1) is 13.8. The third-order valence-corrected chi connectivity index (χ3v) is 6.10. The fraction of sp³-hybridized carbons (Fsp3) is 0.667. The number of hydrogen-bond acceptors (Lipinski definition) is 5. The number of fused-ring (bicyclic) bond motifs is 2. The Hall–Kier alpha value is -1.10. The van der Waals surface area contributed by atoms with Crippen molar-refractivity contribution in [3.8, 4) is 5.75 Å². The molecule has 3 saturated heterocycles. The number of methoxy groups -OCH3 is 1. The first kappa shape index (κ1) is 22.6. The lowest BCUT2D eigenvalue weighted by Gasteiger charge is -2.35. The van der Waals surface area contributed by atoms with E-state index in [2.05, 4.69) is 32.7 Å². The first-order valence-corrected chi connectivity index (χ1v) is 10.3. The van der Waals surface area contributed by atoms with Crippen LogP contribution in [-0.4, -0.2) is 76.1 Å². The maximum Gasteiger partial charge on any atom is 0.191 e. The van der Waals surface area contributed by atoms with Crippen LogP contribution in [0.4, 0.5) is 0 Å². The lowest BCUT2D eigenvalue weighted by Crippen LogP contribution is -2.50. The van der Waals surface area contributed by atoms with Crippen LogP contribution in [0.3, 0.4) is 0 Å². The van der Waals surface area contributed by atoms with Crippen LogP contribution in [0.1, 0.15) is 30.9 Å². The molecule has 4 rings (SSSR count). The van der Waals surface area contributed by atoms with Gasteiger partial charge >= 0.3 is 0 Å². The van der Waals surface area contributed by atoms with E-state index in [-0.39, 0.29) is 30.0 Å². The van der Waals surface area contributed by atoms with Gasteiger partial charge in [0.1, 0.15) is 5.75 Å². The summed E-state index contributed by atoms with van der Waals surface area (Å²) in [5.74, 6) is 1.74. The Bertz CT molecular complexity index is 666. The smallest absolute Gasteiger partial charge is 0.191 e. The Balaban J connectivity index is 0.00000240. The van der Waals surface area contributed by atoms with Gasteiger partial charge in [0.25, 0.3) is 0 Å². The molecular weight excluding hydrogens is 483 g/mol. The summed E-state index contributed by atoms with van der Waals surface area (Å²) in [5.41, 5.74) is 1.27. The normalized spacial score (nSPS) is 27.9. The van der Waals surface area contributed by atoms with Crippen molar-refractivity contribution in [2.24, 2.45) is 4.99 Å². The number of halogens is 1. The largest absolute Gasteiger partial charge is 0.497 e. The van der Waals surface area contributed by atoms with Gasteiger partial charge in [-0.2, -0.15) is 0 Å². The molecule has 3 aliphatic heterocycles. The van der Waals surface area contributed by atoms with Crippen molar-refractivity contribution >= 4 is 29.9 Å². The lowest BCUT2D eigenvalue weighted by molar-refractivity contribution is 0.0169. The van der Waals surface area contributed by atoms with Crippen LogP contribution in [-0.2, 0) is 9.47 Å². The molecule has 3 fully saturated rings. The summed E-state index contributed by atoms with van der Waals surface area (Å²) in [6.45, 7) is 4.22. The van der Waals surface area contributed by atoms with E-state index in [9.17, 15) is 0 Å². The molecule has 2 bridgehead atoms. The third-order valence-electron chi connectivity index (χ3n) is 6.10. The first-order valence-electron chi connectivity index (χ1n) is 10.3. The molecule has 7 nitrogen and oxygen atoms in total. The summed E-state index contributed by atoms with van der Waals surface area (Å²) in [7, 11) is 3.53. The molecule has 29 heavy (non-hydrogen) atoms. The van der Waals surface area contributed by atoms with Gasteiger partial charge in [0.15, 0.2) is 5.96 Å². The summed E-state index contributed by atoms with van der Waals surface area (Å²) in [6, 6.07) is 8.99. The minimum absolute atomic E-state index is 0. The van der Waals surface area contributed by atoms with Gasteiger partial charge < -0.3 is 24.8 Å². The zero-order valence-electron chi connectivity index (χ0n) is 17.3. The molecule has 0 aromatic heterocycles. The van der Waals surface area contributed by atoms with E-state index >= 15 is 0 Å². The number of hydrogen-bond donors (Lipinski definition) is 2. The van der Waals surface area contributed by atoms with Gasteiger partial charge in [-0.1, -0.05) is 12.1 Å². The van der Waals surface area contributed by atoms with Gasteiger partial charge in [0.05, 0.1) is 44.6 Å². The highest BCUT2D eigenvalue weighted by Crippen LogP contribution is 2.34.